The van der Waals surface area contributed by atoms with Crippen LogP contribution in [0.1, 0.15) is 25.3 Å². The number of hydrogen-bond acceptors (Lipinski definition) is 4. The van der Waals surface area contributed by atoms with Gasteiger partial charge < -0.3 is 14.4 Å². The lowest BCUT2D eigenvalue weighted by molar-refractivity contribution is -0.167. The van der Waals surface area contributed by atoms with Gasteiger partial charge in [0.2, 0.25) is 5.91 Å². The highest BCUT2D eigenvalue weighted by molar-refractivity contribution is 5.82. The lowest BCUT2D eigenvalue weighted by Crippen LogP contribution is -2.42. The molecule has 0 bridgehead atoms. The first kappa shape index (κ1) is 20.8. The number of amides is 1. The Morgan fingerprint density at radius 1 is 1.24 bits per heavy atom. The van der Waals surface area contributed by atoms with Gasteiger partial charge in [0, 0.05) is 6.42 Å². The maximum absolute atomic E-state index is 12.6. The minimum atomic E-state index is -4.58. The van der Waals surface area contributed by atoms with Crippen LogP contribution in [-0.2, 0) is 14.3 Å². The number of halogens is 3. The van der Waals surface area contributed by atoms with Gasteiger partial charge in [-0.2, -0.15) is 13.2 Å². The van der Waals surface area contributed by atoms with Crippen molar-refractivity contribution in [1.29, 1.82) is 0 Å². The van der Waals surface area contributed by atoms with Gasteiger partial charge in [-0.3, -0.25) is 9.59 Å². The molecule has 0 aliphatic rings. The van der Waals surface area contributed by atoms with Crippen LogP contribution in [-0.4, -0.2) is 49.3 Å². The first-order valence-electron chi connectivity index (χ1n) is 7.91. The number of nitrogens with zero attached hydrogens (tertiary/aromatic N) is 1. The fourth-order valence-electron chi connectivity index (χ4n) is 2.09. The summed E-state index contributed by atoms with van der Waals surface area (Å²) in [5, 5.41) is 0. The molecular weight excluding hydrogens is 339 g/mol. The second kappa shape index (κ2) is 9.90. The lowest BCUT2D eigenvalue weighted by atomic mass is 10.2. The normalized spacial score (nSPS) is 11.1. The zero-order valence-corrected chi connectivity index (χ0v) is 14.3. The summed E-state index contributed by atoms with van der Waals surface area (Å²) in [6.45, 7) is 1.47. The zero-order valence-electron chi connectivity index (χ0n) is 14.3. The van der Waals surface area contributed by atoms with Crippen molar-refractivity contribution in [3.63, 3.8) is 0 Å². The van der Waals surface area contributed by atoms with E-state index in [-0.39, 0.29) is 26.1 Å². The standard InChI is InChI=1S/C17H22F3NO4/c1-3-24-16(23)11-21(12-17(18,19)20)15(22)8-5-9-25-14-7-4-6-13(2)10-14/h4,6-7,10H,3,5,8-9,11-12H2,1-2H3. The van der Waals surface area contributed by atoms with Crippen molar-refractivity contribution >= 4 is 11.9 Å². The van der Waals surface area contributed by atoms with Gasteiger partial charge in [-0.1, -0.05) is 12.1 Å². The van der Waals surface area contributed by atoms with Gasteiger partial charge in [0.1, 0.15) is 18.8 Å². The first-order chi connectivity index (χ1) is 11.7. The summed E-state index contributed by atoms with van der Waals surface area (Å²) in [6.07, 6.45) is -4.49. The molecule has 0 aromatic heterocycles. The number of alkyl halides is 3. The summed E-state index contributed by atoms with van der Waals surface area (Å²) >= 11 is 0. The molecule has 0 N–H and O–H groups in total. The van der Waals surface area contributed by atoms with E-state index >= 15 is 0 Å². The summed E-state index contributed by atoms with van der Waals surface area (Å²) in [7, 11) is 0. The second-order valence-corrected chi connectivity index (χ2v) is 5.44. The molecule has 25 heavy (non-hydrogen) atoms. The van der Waals surface area contributed by atoms with Gasteiger partial charge in [0.15, 0.2) is 0 Å². The number of carbonyl (C=O) groups excluding carboxylic acids is 2. The summed E-state index contributed by atoms with van der Waals surface area (Å²) in [5.41, 5.74) is 1.01. The molecule has 0 aliphatic carbocycles. The van der Waals surface area contributed by atoms with Gasteiger partial charge in [-0.05, 0) is 38.0 Å². The molecule has 0 heterocycles. The van der Waals surface area contributed by atoms with Crippen LogP contribution in [0.15, 0.2) is 24.3 Å². The van der Waals surface area contributed by atoms with E-state index < -0.39 is 31.1 Å². The number of esters is 1. The summed E-state index contributed by atoms with van der Waals surface area (Å²) < 4.78 is 47.8. The predicted molar refractivity (Wildman–Crippen MR) is 85.2 cm³/mol. The maximum atomic E-state index is 12.6. The topological polar surface area (TPSA) is 55.8 Å². The van der Waals surface area contributed by atoms with E-state index in [1.807, 2.05) is 25.1 Å². The monoisotopic (exact) mass is 361 g/mol. The number of aryl methyl sites for hydroxylation is 1. The predicted octanol–water partition coefficient (Wildman–Crippen LogP) is 3.11. The van der Waals surface area contributed by atoms with Crippen molar-refractivity contribution in [2.24, 2.45) is 0 Å². The van der Waals surface area contributed by atoms with E-state index in [1.54, 1.807) is 6.07 Å². The van der Waals surface area contributed by atoms with Crippen LogP contribution in [0.5, 0.6) is 5.75 Å². The van der Waals surface area contributed by atoms with Crippen LogP contribution in [0, 0.1) is 6.92 Å². The molecule has 5 nitrogen and oxygen atoms in total. The quantitative estimate of drug-likeness (QED) is 0.501. The van der Waals surface area contributed by atoms with Crippen LogP contribution in [0.2, 0.25) is 0 Å². The van der Waals surface area contributed by atoms with E-state index in [9.17, 15) is 22.8 Å². The lowest BCUT2D eigenvalue weighted by Gasteiger charge is -2.23. The van der Waals surface area contributed by atoms with Crippen LogP contribution < -0.4 is 4.74 Å². The highest BCUT2D eigenvalue weighted by atomic mass is 19.4. The van der Waals surface area contributed by atoms with Gasteiger partial charge in [0.25, 0.3) is 0 Å². The molecule has 1 aromatic carbocycles. The third-order valence-electron chi connectivity index (χ3n) is 3.14. The Bertz CT molecular complexity index is 575. The minimum Gasteiger partial charge on any atom is -0.494 e. The highest BCUT2D eigenvalue weighted by Crippen LogP contribution is 2.18. The van der Waals surface area contributed by atoms with Gasteiger partial charge in [-0.25, -0.2) is 0 Å². The van der Waals surface area contributed by atoms with Crippen LogP contribution in [0.3, 0.4) is 0 Å². The van der Waals surface area contributed by atoms with E-state index in [4.69, 9.17) is 4.74 Å². The zero-order chi connectivity index (χ0) is 18.9. The van der Waals surface area contributed by atoms with Crippen molar-refractivity contribution in [2.45, 2.75) is 32.9 Å². The van der Waals surface area contributed by atoms with Crippen molar-refractivity contribution in [3.05, 3.63) is 29.8 Å². The van der Waals surface area contributed by atoms with Crippen molar-refractivity contribution in [2.75, 3.05) is 26.3 Å². The average Bonchev–Trinajstić information content (AvgIpc) is 2.49. The summed E-state index contributed by atoms with van der Waals surface area (Å²) in [5.74, 6) is -1.000. The van der Waals surface area contributed by atoms with Gasteiger partial charge in [-0.15, -0.1) is 0 Å². The van der Waals surface area contributed by atoms with E-state index in [1.165, 1.54) is 6.92 Å². The summed E-state index contributed by atoms with van der Waals surface area (Å²) in [4.78, 5) is 23.8. The molecule has 1 amide bonds. The first-order valence-corrected chi connectivity index (χ1v) is 7.91. The SMILES string of the molecule is CCOC(=O)CN(CC(F)(F)F)C(=O)CCCOc1cccc(C)c1. The third-order valence-corrected chi connectivity index (χ3v) is 3.14. The smallest absolute Gasteiger partial charge is 0.406 e. The summed E-state index contributed by atoms with van der Waals surface area (Å²) in [6, 6.07) is 7.30. The third kappa shape index (κ3) is 8.97. The Labute approximate surface area is 144 Å². The van der Waals surface area contributed by atoms with Crippen molar-refractivity contribution < 1.29 is 32.2 Å². The highest BCUT2D eigenvalue weighted by Gasteiger charge is 2.33. The van der Waals surface area contributed by atoms with E-state index in [2.05, 4.69) is 4.74 Å². The number of rotatable bonds is 9. The molecular formula is C17H22F3NO4. The molecule has 0 radical (unpaired) electrons. The van der Waals surface area contributed by atoms with Crippen LogP contribution >= 0.6 is 0 Å². The van der Waals surface area contributed by atoms with E-state index in [0.29, 0.717) is 10.6 Å². The molecule has 0 fully saturated rings. The number of benzene rings is 1. The van der Waals surface area contributed by atoms with Crippen LogP contribution in [0.4, 0.5) is 13.2 Å². The Kier molecular flexibility index (Phi) is 8.24. The molecule has 0 aliphatic heterocycles. The minimum absolute atomic E-state index is 0.0389. The Morgan fingerprint density at radius 3 is 2.56 bits per heavy atom. The average molecular weight is 361 g/mol. The molecule has 140 valence electrons. The number of ether oxygens (including phenoxy) is 2. The fraction of sp³-hybridized carbons (Fsp3) is 0.529. The molecule has 0 saturated carbocycles. The second-order valence-electron chi connectivity index (χ2n) is 5.44. The molecule has 0 atom stereocenters. The van der Waals surface area contributed by atoms with Crippen LogP contribution in [0.25, 0.3) is 0 Å². The largest absolute Gasteiger partial charge is 0.494 e. The Balaban J connectivity index is 2.48. The van der Waals surface area contributed by atoms with E-state index in [0.717, 1.165) is 5.56 Å². The number of hydrogen-bond donors (Lipinski definition) is 0. The number of carbonyl (C=O) groups is 2. The Morgan fingerprint density at radius 2 is 1.96 bits per heavy atom. The molecule has 0 unspecified atom stereocenters. The molecule has 1 rings (SSSR count). The maximum Gasteiger partial charge on any atom is 0.406 e. The fourth-order valence-corrected chi connectivity index (χ4v) is 2.09. The Hall–Kier alpha value is -2.25. The molecule has 1 aromatic rings. The van der Waals surface area contributed by atoms with Crippen molar-refractivity contribution in [3.8, 4) is 5.75 Å². The van der Waals surface area contributed by atoms with Crippen molar-refractivity contribution in [1.82, 2.24) is 4.90 Å². The van der Waals surface area contributed by atoms with Gasteiger partial charge >= 0.3 is 12.1 Å². The molecule has 0 spiro atoms. The van der Waals surface area contributed by atoms with Gasteiger partial charge in [0.05, 0.1) is 13.2 Å². The molecule has 8 heteroatoms. The molecule has 0 saturated heterocycles.